The molecule has 0 amide bonds. The third-order valence-electron chi connectivity index (χ3n) is 3.67. The molecule has 1 aromatic heterocycles. The molecule has 0 atom stereocenters. The zero-order valence-electron chi connectivity index (χ0n) is 14.0. The van der Waals surface area contributed by atoms with Gasteiger partial charge in [-0.1, -0.05) is 0 Å². The molecule has 3 rings (SSSR count). The highest BCUT2D eigenvalue weighted by atomic mass is 127. The van der Waals surface area contributed by atoms with Crippen molar-refractivity contribution in [3.63, 3.8) is 0 Å². The van der Waals surface area contributed by atoms with E-state index in [4.69, 9.17) is 9.47 Å². The molecule has 0 bridgehead atoms. The van der Waals surface area contributed by atoms with Crippen LogP contribution in [0.3, 0.4) is 0 Å². The van der Waals surface area contributed by atoms with Crippen molar-refractivity contribution in [3.05, 3.63) is 46.7 Å². The molecule has 6 nitrogen and oxygen atoms in total. The maximum Gasteiger partial charge on any atom is 0.191 e. The minimum Gasteiger partial charge on any atom is -0.486 e. The van der Waals surface area contributed by atoms with Gasteiger partial charge in [-0.3, -0.25) is 4.99 Å². The van der Waals surface area contributed by atoms with Gasteiger partial charge in [0, 0.05) is 39.1 Å². The number of hydrogen-bond donors (Lipinski definition) is 2. The first-order valence-corrected chi connectivity index (χ1v) is 8.69. The van der Waals surface area contributed by atoms with Crippen molar-refractivity contribution < 1.29 is 9.47 Å². The lowest BCUT2D eigenvalue weighted by atomic mass is 10.2. The van der Waals surface area contributed by atoms with Crippen LogP contribution in [0, 0.1) is 0 Å². The second-order valence-electron chi connectivity index (χ2n) is 5.38. The van der Waals surface area contributed by atoms with Crippen molar-refractivity contribution in [1.82, 2.24) is 15.2 Å². The molecule has 1 aliphatic rings. The predicted octanol–water partition coefficient (Wildman–Crippen LogP) is 3.01. The van der Waals surface area contributed by atoms with E-state index in [1.807, 2.05) is 36.7 Å². The number of fused-ring (bicyclic) bond motifs is 1. The van der Waals surface area contributed by atoms with Crippen LogP contribution in [-0.4, -0.2) is 37.3 Å². The van der Waals surface area contributed by atoms with E-state index in [9.17, 15) is 0 Å². The van der Waals surface area contributed by atoms with Crippen LogP contribution in [-0.2, 0) is 13.1 Å². The zero-order valence-corrected chi connectivity index (χ0v) is 17.9. The molecule has 2 heterocycles. The van der Waals surface area contributed by atoms with E-state index in [-0.39, 0.29) is 24.0 Å². The summed E-state index contributed by atoms with van der Waals surface area (Å²) in [6.45, 7) is 3.51. The van der Waals surface area contributed by atoms with Crippen LogP contribution in [0.4, 0.5) is 0 Å². The quantitative estimate of drug-likeness (QED) is 0.361. The van der Waals surface area contributed by atoms with E-state index in [1.165, 1.54) is 0 Å². The molecule has 2 N–H and O–H groups in total. The van der Waals surface area contributed by atoms with E-state index >= 15 is 0 Å². The highest BCUT2D eigenvalue weighted by molar-refractivity contribution is 14.0. The molecule has 0 saturated heterocycles. The van der Waals surface area contributed by atoms with Crippen LogP contribution in [0.1, 0.15) is 5.56 Å². The lowest BCUT2D eigenvalue weighted by Gasteiger charge is -2.21. The van der Waals surface area contributed by atoms with Crippen molar-refractivity contribution >= 4 is 45.9 Å². The molecule has 8 heteroatoms. The summed E-state index contributed by atoms with van der Waals surface area (Å²) >= 11 is 3.54. The summed E-state index contributed by atoms with van der Waals surface area (Å²) < 4.78 is 14.3. The molecule has 1 aromatic carbocycles. The van der Waals surface area contributed by atoms with E-state index in [2.05, 4.69) is 36.1 Å². The maximum absolute atomic E-state index is 5.65. The van der Waals surface area contributed by atoms with E-state index in [1.54, 1.807) is 7.05 Å². The normalized spacial score (nSPS) is 13.1. The summed E-state index contributed by atoms with van der Waals surface area (Å²) in [6, 6.07) is 8.08. The lowest BCUT2D eigenvalue weighted by molar-refractivity contribution is 0.170. The Morgan fingerprint density at radius 2 is 1.96 bits per heavy atom. The summed E-state index contributed by atoms with van der Waals surface area (Å²) in [6.07, 6.45) is 4.09. The Kier molecular flexibility index (Phi) is 7.89. The van der Waals surface area contributed by atoms with Gasteiger partial charge >= 0.3 is 0 Å². The number of aliphatic imine (C=N–C) groups is 1. The van der Waals surface area contributed by atoms with Gasteiger partial charge in [0.25, 0.3) is 0 Å². The fraction of sp³-hybridized carbons (Fsp3) is 0.353. The number of nitrogens with zero attached hydrogens (tertiary/aromatic N) is 2. The molecule has 0 radical (unpaired) electrons. The largest absolute Gasteiger partial charge is 0.486 e. The molecular weight excluding hydrogens is 499 g/mol. The first-order chi connectivity index (χ1) is 11.8. The minimum atomic E-state index is 0. The van der Waals surface area contributed by atoms with Crippen LogP contribution < -0.4 is 20.1 Å². The van der Waals surface area contributed by atoms with Gasteiger partial charge in [-0.2, -0.15) is 0 Å². The van der Waals surface area contributed by atoms with E-state index in [0.717, 1.165) is 40.6 Å². The first-order valence-electron chi connectivity index (χ1n) is 7.89. The lowest BCUT2D eigenvalue weighted by Crippen LogP contribution is -2.38. The average molecular weight is 521 g/mol. The van der Waals surface area contributed by atoms with Crippen molar-refractivity contribution in [2.75, 3.05) is 26.8 Å². The van der Waals surface area contributed by atoms with Gasteiger partial charge in [0.1, 0.15) is 13.2 Å². The van der Waals surface area contributed by atoms with Gasteiger partial charge < -0.3 is 24.7 Å². The van der Waals surface area contributed by atoms with Crippen LogP contribution in [0.2, 0.25) is 0 Å². The third kappa shape index (κ3) is 5.53. The Morgan fingerprint density at radius 3 is 2.72 bits per heavy atom. The number of benzene rings is 1. The fourth-order valence-electron chi connectivity index (χ4n) is 2.50. The van der Waals surface area contributed by atoms with Gasteiger partial charge in [-0.25, -0.2) is 0 Å². The number of hydrogen-bond acceptors (Lipinski definition) is 3. The van der Waals surface area contributed by atoms with Crippen molar-refractivity contribution in [1.29, 1.82) is 0 Å². The molecule has 0 fully saturated rings. The number of aromatic nitrogens is 1. The summed E-state index contributed by atoms with van der Waals surface area (Å²) in [4.78, 5) is 4.25. The SMILES string of the molecule is CN=C(NCCn1cccc1)NCc1cc(Br)c2c(c1)OCCO2.I. The van der Waals surface area contributed by atoms with Crippen molar-refractivity contribution in [3.8, 4) is 11.5 Å². The molecule has 0 unspecified atom stereocenters. The number of rotatable bonds is 5. The zero-order chi connectivity index (χ0) is 16.8. The van der Waals surface area contributed by atoms with Crippen LogP contribution in [0.25, 0.3) is 0 Å². The summed E-state index contributed by atoms with van der Waals surface area (Å²) in [5, 5.41) is 6.62. The molecule has 136 valence electrons. The predicted molar refractivity (Wildman–Crippen MR) is 113 cm³/mol. The Hall–Kier alpha value is -1.42. The van der Waals surface area contributed by atoms with Gasteiger partial charge in [0.05, 0.1) is 4.47 Å². The molecule has 0 spiro atoms. The number of halogens is 2. The smallest absolute Gasteiger partial charge is 0.191 e. The summed E-state index contributed by atoms with van der Waals surface area (Å²) in [7, 11) is 1.77. The highest BCUT2D eigenvalue weighted by Crippen LogP contribution is 2.38. The van der Waals surface area contributed by atoms with E-state index < -0.39 is 0 Å². The summed E-state index contributed by atoms with van der Waals surface area (Å²) in [5.41, 5.74) is 1.10. The van der Waals surface area contributed by atoms with Crippen LogP contribution >= 0.6 is 39.9 Å². The second-order valence-corrected chi connectivity index (χ2v) is 6.23. The maximum atomic E-state index is 5.65. The fourth-order valence-corrected chi connectivity index (χ4v) is 3.10. The topological polar surface area (TPSA) is 59.8 Å². The third-order valence-corrected chi connectivity index (χ3v) is 4.26. The molecule has 2 aromatic rings. The number of ether oxygens (including phenoxy) is 2. The van der Waals surface area contributed by atoms with Crippen molar-refractivity contribution in [2.45, 2.75) is 13.1 Å². The molecular formula is C17H22BrIN4O2. The highest BCUT2D eigenvalue weighted by Gasteiger charge is 2.16. The Balaban J connectivity index is 0.00000225. The van der Waals surface area contributed by atoms with E-state index in [0.29, 0.717) is 19.8 Å². The Labute approximate surface area is 173 Å². The molecule has 1 aliphatic heterocycles. The summed E-state index contributed by atoms with van der Waals surface area (Å²) in [5.74, 6) is 2.33. The van der Waals surface area contributed by atoms with Crippen LogP contribution in [0.5, 0.6) is 11.5 Å². The number of guanidine groups is 1. The monoisotopic (exact) mass is 520 g/mol. The standard InChI is InChI=1S/C17H21BrN4O2.HI/c1-19-17(20-4-7-22-5-2-3-6-22)21-12-13-10-14(18)16-15(11-13)23-8-9-24-16;/h2-3,5-6,10-11H,4,7-9,12H2,1H3,(H2,19,20,21);1H. The van der Waals surface area contributed by atoms with Gasteiger partial charge in [0.2, 0.25) is 0 Å². The molecule has 0 saturated carbocycles. The van der Waals surface area contributed by atoms with Crippen molar-refractivity contribution in [2.24, 2.45) is 4.99 Å². The molecule has 0 aliphatic carbocycles. The van der Waals surface area contributed by atoms with Gasteiger partial charge in [0.15, 0.2) is 17.5 Å². The Morgan fingerprint density at radius 1 is 1.20 bits per heavy atom. The number of nitrogens with one attached hydrogen (secondary N) is 2. The van der Waals surface area contributed by atoms with Gasteiger partial charge in [-0.15, -0.1) is 24.0 Å². The first kappa shape index (κ1) is 19.9. The molecule has 25 heavy (non-hydrogen) atoms. The van der Waals surface area contributed by atoms with Crippen LogP contribution in [0.15, 0.2) is 46.1 Å². The van der Waals surface area contributed by atoms with Gasteiger partial charge in [-0.05, 0) is 45.8 Å². The minimum absolute atomic E-state index is 0. The Bertz CT molecular complexity index is 707. The second kappa shape index (κ2) is 9.91. The average Bonchev–Trinajstić information content (AvgIpc) is 3.11.